The third-order valence-electron chi connectivity index (χ3n) is 4.48. The van der Waals surface area contributed by atoms with Crippen LogP contribution < -0.4 is 4.74 Å². The summed E-state index contributed by atoms with van der Waals surface area (Å²) in [5, 5.41) is 14.0. The molecule has 0 bridgehead atoms. The molecule has 0 fully saturated rings. The number of phenolic OH excluding ortho intramolecular Hbond substituents is 1. The van der Waals surface area contributed by atoms with Gasteiger partial charge in [0.25, 0.3) is 0 Å². The van der Waals surface area contributed by atoms with Crippen LogP contribution in [0.25, 0.3) is 5.69 Å². The highest BCUT2D eigenvalue weighted by Crippen LogP contribution is 2.32. The van der Waals surface area contributed by atoms with Crippen LogP contribution >= 0.6 is 0 Å². The van der Waals surface area contributed by atoms with Gasteiger partial charge in [0, 0.05) is 51.3 Å². The number of rotatable bonds is 13. The van der Waals surface area contributed by atoms with E-state index in [1.54, 1.807) is 29.1 Å². The lowest BCUT2D eigenvalue weighted by molar-refractivity contribution is -0.207. The summed E-state index contributed by atoms with van der Waals surface area (Å²) in [5.41, 5.74) is 0.828. The SMILES string of the molecule is CC.CC.CCOC(CC(OCC)OCC)OCC.Oc1ccc(-n2cccn2)cc1Oc1ccccc1. The van der Waals surface area contributed by atoms with Gasteiger partial charge in [-0.05, 0) is 58.0 Å². The summed E-state index contributed by atoms with van der Waals surface area (Å²) in [6, 6.07) is 16.3. The Hall–Kier alpha value is -2.91. The van der Waals surface area contributed by atoms with Crippen molar-refractivity contribution >= 4 is 0 Å². The van der Waals surface area contributed by atoms with E-state index in [1.807, 2.05) is 98.0 Å². The maximum absolute atomic E-state index is 9.84. The first kappa shape index (κ1) is 35.1. The van der Waals surface area contributed by atoms with Gasteiger partial charge in [-0.1, -0.05) is 45.9 Å². The minimum absolute atomic E-state index is 0.0970. The molecule has 0 aliphatic rings. The second-order valence-corrected chi connectivity index (χ2v) is 6.93. The Labute approximate surface area is 229 Å². The van der Waals surface area contributed by atoms with E-state index in [9.17, 15) is 5.11 Å². The Morgan fingerprint density at radius 2 is 1.26 bits per heavy atom. The van der Waals surface area contributed by atoms with Crippen molar-refractivity contribution in [3.05, 3.63) is 67.0 Å². The Kier molecular flexibility index (Phi) is 21.4. The number of benzene rings is 2. The highest BCUT2D eigenvalue weighted by atomic mass is 16.7. The zero-order valence-corrected chi connectivity index (χ0v) is 24.4. The molecule has 1 N–H and O–H groups in total. The maximum atomic E-state index is 9.84. The topological polar surface area (TPSA) is 84.2 Å². The summed E-state index contributed by atoms with van der Waals surface area (Å²) in [5.74, 6) is 1.18. The molecule has 0 saturated carbocycles. The number of hydrogen-bond acceptors (Lipinski definition) is 7. The van der Waals surface area contributed by atoms with Gasteiger partial charge in [0.2, 0.25) is 0 Å². The van der Waals surface area contributed by atoms with Crippen LogP contribution in [0.1, 0.15) is 61.8 Å². The van der Waals surface area contributed by atoms with Crippen LogP contribution in [-0.2, 0) is 18.9 Å². The molecule has 1 aromatic heterocycles. The first-order valence-corrected chi connectivity index (χ1v) is 13.6. The minimum atomic E-state index is -0.233. The highest BCUT2D eigenvalue weighted by Gasteiger charge is 2.17. The van der Waals surface area contributed by atoms with Crippen LogP contribution in [-0.4, -0.2) is 53.9 Å². The molecule has 8 nitrogen and oxygen atoms in total. The van der Waals surface area contributed by atoms with Crippen molar-refractivity contribution in [3.63, 3.8) is 0 Å². The molecule has 214 valence electrons. The van der Waals surface area contributed by atoms with Crippen molar-refractivity contribution in [1.82, 2.24) is 9.78 Å². The summed E-state index contributed by atoms with van der Waals surface area (Å²) in [6.45, 7) is 18.3. The third-order valence-corrected chi connectivity index (χ3v) is 4.48. The molecular formula is C30H48N2O6. The molecule has 0 amide bonds. The van der Waals surface area contributed by atoms with Crippen molar-refractivity contribution in [2.24, 2.45) is 0 Å². The largest absolute Gasteiger partial charge is 0.504 e. The predicted molar refractivity (Wildman–Crippen MR) is 153 cm³/mol. The van der Waals surface area contributed by atoms with Crippen molar-refractivity contribution in [1.29, 1.82) is 0 Å². The number of aromatic nitrogens is 2. The molecule has 0 unspecified atom stereocenters. The summed E-state index contributed by atoms with van der Waals surface area (Å²) < 4.78 is 29.1. The maximum Gasteiger partial charge on any atom is 0.171 e. The van der Waals surface area contributed by atoms with Crippen LogP contribution in [0.5, 0.6) is 17.2 Å². The van der Waals surface area contributed by atoms with Gasteiger partial charge in [0.15, 0.2) is 24.1 Å². The molecule has 0 radical (unpaired) electrons. The second-order valence-electron chi connectivity index (χ2n) is 6.93. The van der Waals surface area contributed by atoms with Crippen molar-refractivity contribution in [2.75, 3.05) is 26.4 Å². The standard InChI is InChI=1S/C15H12N2O2.C11H24O4.2C2H6/c18-14-8-7-12(17-10-4-9-16-17)11-15(14)19-13-5-2-1-3-6-13;1-5-12-10(13-6-2)9-11(14-7-3)15-8-4;2*1-2/h1-11,18H;10-11H,5-9H2,1-4H3;2*1-2H3. The lowest BCUT2D eigenvalue weighted by Crippen LogP contribution is -2.28. The minimum Gasteiger partial charge on any atom is -0.504 e. The molecule has 38 heavy (non-hydrogen) atoms. The molecule has 3 aromatic rings. The molecule has 0 atom stereocenters. The van der Waals surface area contributed by atoms with Gasteiger partial charge in [-0.2, -0.15) is 5.10 Å². The fourth-order valence-electron chi connectivity index (χ4n) is 3.03. The van der Waals surface area contributed by atoms with Crippen LogP contribution in [0.3, 0.4) is 0 Å². The van der Waals surface area contributed by atoms with E-state index in [4.69, 9.17) is 23.7 Å². The van der Waals surface area contributed by atoms with Gasteiger partial charge < -0.3 is 28.8 Å². The molecule has 0 aliphatic heterocycles. The van der Waals surface area contributed by atoms with Gasteiger partial charge >= 0.3 is 0 Å². The zero-order valence-electron chi connectivity index (χ0n) is 24.4. The van der Waals surface area contributed by atoms with Gasteiger partial charge in [-0.15, -0.1) is 0 Å². The second kappa shape index (κ2) is 23.2. The van der Waals surface area contributed by atoms with E-state index in [1.165, 1.54) is 0 Å². The molecule has 2 aromatic carbocycles. The normalized spacial score (nSPS) is 10.1. The Balaban J connectivity index is 0.000000655. The average molecular weight is 533 g/mol. The van der Waals surface area contributed by atoms with Crippen LogP contribution in [0.15, 0.2) is 67.0 Å². The lowest BCUT2D eigenvalue weighted by atomic mass is 10.2. The van der Waals surface area contributed by atoms with Crippen LogP contribution in [0.4, 0.5) is 0 Å². The Morgan fingerprint density at radius 3 is 1.71 bits per heavy atom. The van der Waals surface area contributed by atoms with Gasteiger partial charge in [0.1, 0.15) is 5.75 Å². The van der Waals surface area contributed by atoms with Crippen molar-refractivity contribution in [3.8, 4) is 22.9 Å². The fourth-order valence-corrected chi connectivity index (χ4v) is 3.03. The molecule has 0 spiro atoms. The zero-order chi connectivity index (χ0) is 28.6. The average Bonchev–Trinajstić information content (AvgIpc) is 3.49. The molecule has 8 heteroatoms. The first-order valence-electron chi connectivity index (χ1n) is 13.6. The number of phenols is 1. The third kappa shape index (κ3) is 14.1. The molecular weight excluding hydrogens is 484 g/mol. The summed E-state index contributed by atoms with van der Waals surface area (Å²) >= 11 is 0. The van der Waals surface area contributed by atoms with E-state index >= 15 is 0 Å². The summed E-state index contributed by atoms with van der Waals surface area (Å²) in [4.78, 5) is 0. The number of hydrogen-bond donors (Lipinski definition) is 1. The van der Waals surface area contributed by atoms with E-state index in [2.05, 4.69) is 5.10 Å². The molecule has 0 saturated heterocycles. The van der Waals surface area contributed by atoms with Crippen molar-refractivity contribution < 1.29 is 28.8 Å². The number of nitrogens with zero attached hydrogens (tertiary/aromatic N) is 2. The molecule has 3 rings (SSSR count). The fraction of sp³-hybridized carbons (Fsp3) is 0.500. The van der Waals surface area contributed by atoms with Gasteiger partial charge in [0.05, 0.1) is 5.69 Å². The summed E-state index contributed by atoms with van der Waals surface area (Å²) in [7, 11) is 0. The smallest absolute Gasteiger partial charge is 0.171 e. The summed E-state index contributed by atoms with van der Waals surface area (Å²) in [6.07, 6.45) is 3.68. The quantitative estimate of drug-likeness (QED) is 0.227. The molecule has 1 heterocycles. The number of ether oxygens (including phenoxy) is 5. The first-order chi connectivity index (χ1) is 18.6. The van der Waals surface area contributed by atoms with Gasteiger partial charge in [-0.25, -0.2) is 4.68 Å². The van der Waals surface area contributed by atoms with E-state index in [0.29, 0.717) is 44.3 Å². The van der Waals surface area contributed by atoms with Crippen LogP contribution in [0.2, 0.25) is 0 Å². The van der Waals surface area contributed by atoms with E-state index < -0.39 is 0 Å². The predicted octanol–water partition coefficient (Wildman–Crippen LogP) is 7.60. The monoisotopic (exact) mass is 532 g/mol. The Morgan fingerprint density at radius 1 is 0.737 bits per heavy atom. The highest BCUT2D eigenvalue weighted by molar-refractivity contribution is 5.49. The Bertz CT molecular complexity index is 880. The lowest BCUT2D eigenvalue weighted by Gasteiger charge is -2.23. The van der Waals surface area contributed by atoms with Crippen LogP contribution in [0, 0.1) is 0 Å². The van der Waals surface area contributed by atoms with E-state index in [-0.39, 0.29) is 18.3 Å². The van der Waals surface area contributed by atoms with Gasteiger partial charge in [-0.3, -0.25) is 0 Å². The number of para-hydroxylation sites is 1. The number of aromatic hydroxyl groups is 1. The van der Waals surface area contributed by atoms with Crippen molar-refractivity contribution in [2.45, 2.75) is 74.4 Å². The van der Waals surface area contributed by atoms with E-state index in [0.717, 1.165) is 5.69 Å². The molecule has 0 aliphatic carbocycles.